The van der Waals surface area contributed by atoms with Crippen LogP contribution in [0.4, 0.5) is 9.18 Å². The molecule has 2 amide bonds. The molecule has 0 radical (unpaired) electrons. The number of halogens is 1. The van der Waals surface area contributed by atoms with Crippen molar-refractivity contribution >= 4 is 6.03 Å². The van der Waals surface area contributed by atoms with Gasteiger partial charge in [-0.25, -0.2) is 9.18 Å². The number of benzene rings is 2. The minimum absolute atomic E-state index is 0.126. The third kappa shape index (κ3) is 4.06. The second kappa shape index (κ2) is 8.09. The molecule has 2 N–H and O–H groups in total. The number of rotatable bonds is 3. The van der Waals surface area contributed by atoms with E-state index in [0.717, 1.165) is 36.8 Å². The van der Waals surface area contributed by atoms with Crippen molar-refractivity contribution < 1.29 is 19.0 Å². The van der Waals surface area contributed by atoms with Crippen molar-refractivity contribution in [3.05, 3.63) is 59.4 Å². The molecule has 1 heterocycles. The molecule has 1 unspecified atom stereocenters. The Balaban J connectivity index is 1.52. The molecule has 6 heteroatoms. The van der Waals surface area contributed by atoms with Crippen LogP contribution in [0.25, 0.3) is 0 Å². The molecule has 0 aromatic heterocycles. The Hall–Kier alpha value is -2.76. The lowest BCUT2D eigenvalue weighted by atomic mass is 9.91. The van der Waals surface area contributed by atoms with Gasteiger partial charge in [0, 0.05) is 11.6 Å². The summed E-state index contributed by atoms with van der Waals surface area (Å²) in [5.41, 5.74) is 1.81. The molecule has 1 aliphatic carbocycles. The summed E-state index contributed by atoms with van der Waals surface area (Å²) in [6.07, 6.45) is 4.44. The van der Waals surface area contributed by atoms with Crippen LogP contribution in [0, 0.1) is 11.7 Å². The maximum Gasteiger partial charge on any atom is 0.318 e. The standard InChI is InChI=1S/C22H25FN2O3/c23-18-8-5-16(6-9-18)21(15-3-1-2-4-15)24-22(27)25-11-12-28-20-13-19(26)10-7-17(20)14-25/h5-10,13,15,21,26H,1-4,11-12,14H2,(H,24,27). The van der Waals surface area contributed by atoms with Gasteiger partial charge in [0.25, 0.3) is 0 Å². The number of phenols is 1. The number of ether oxygens (including phenoxy) is 1. The van der Waals surface area contributed by atoms with E-state index in [9.17, 15) is 14.3 Å². The first-order valence-electron chi connectivity index (χ1n) is 9.86. The zero-order chi connectivity index (χ0) is 19.5. The number of carbonyl (C=O) groups is 1. The van der Waals surface area contributed by atoms with Crippen LogP contribution in [0.1, 0.15) is 42.9 Å². The van der Waals surface area contributed by atoms with Crippen molar-refractivity contribution in [2.75, 3.05) is 13.2 Å². The molecule has 1 fully saturated rings. The van der Waals surface area contributed by atoms with Gasteiger partial charge in [0.2, 0.25) is 0 Å². The molecule has 0 saturated heterocycles. The summed E-state index contributed by atoms with van der Waals surface area (Å²) in [6.45, 7) is 1.25. The number of phenolic OH excluding ortho intramolecular Hbond substituents is 1. The Kier molecular flexibility index (Phi) is 5.37. The lowest BCUT2D eigenvalue weighted by molar-refractivity contribution is 0.179. The molecule has 2 aliphatic rings. The van der Waals surface area contributed by atoms with Crippen molar-refractivity contribution in [3.8, 4) is 11.5 Å². The highest BCUT2D eigenvalue weighted by Gasteiger charge is 2.30. The summed E-state index contributed by atoms with van der Waals surface area (Å²) < 4.78 is 19.1. The van der Waals surface area contributed by atoms with Crippen molar-refractivity contribution in [1.29, 1.82) is 0 Å². The van der Waals surface area contributed by atoms with Crippen LogP contribution in [0.2, 0.25) is 0 Å². The quantitative estimate of drug-likeness (QED) is 0.826. The number of nitrogens with one attached hydrogen (secondary N) is 1. The number of nitrogens with zero attached hydrogens (tertiary/aromatic N) is 1. The lowest BCUT2D eigenvalue weighted by Crippen LogP contribution is -2.43. The maximum absolute atomic E-state index is 13.4. The summed E-state index contributed by atoms with van der Waals surface area (Å²) in [5.74, 6) is 0.849. The molecule has 1 aliphatic heterocycles. The highest BCUT2D eigenvalue weighted by atomic mass is 19.1. The topological polar surface area (TPSA) is 61.8 Å². The van der Waals surface area contributed by atoms with Gasteiger partial charge >= 0.3 is 6.03 Å². The van der Waals surface area contributed by atoms with E-state index in [-0.39, 0.29) is 23.6 Å². The highest BCUT2D eigenvalue weighted by molar-refractivity contribution is 5.75. The Morgan fingerprint density at radius 1 is 1.18 bits per heavy atom. The van der Waals surface area contributed by atoms with Gasteiger partial charge in [-0.3, -0.25) is 0 Å². The van der Waals surface area contributed by atoms with Gasteiger partial charge in [0.15, 0.2) is 0 Å². The van der Waals surface area contributed by atoms with Gasteiger partial charge < -0.3 is 20.1 Å². The number of hydrogen-bond acceptors (Lipinski definition) is 3. The number of carbonyl (C=O) groups excluding carboxylic acids is 1. The van der Waals surface area contributed by atoms with E-state index in [2.05, 4.69) is 5.32 Å². The van der Waals surface area contributed by atoms with E-state index >= 15 is 0 Å². The fourth-order valence-electron chi connectivity index (χ4n) is 4.19. The summed E-state index contributed by atoms with van der Waals surface area (Å²) in [5, 5.41) is 12.8. The molecule has 5 nitrogen and oxygen atoms in total. The molecule has 0 bridgehead atoms. The smallest absolute Gasteiger partial charge is 0.318 e. The molecular formula is C22H25FN2O3. The largest absolute Gasteiger partial charge is 0.508 e. The molecule has 4 rings (SSSR count). The first kappa shape index (κ1) is 18.6. The predicted octanol–water partition coefficient (Wildman–Crippen LogP) is 4.37. The van der Waals surface area contributed by atoms with Crippen molar-refractivity contribution in [2.45, 2.75) is 38.3 Å². The van der Waals surface area contributed by atoms with E-state index in [4.69, 9.17) is 4.74 Å². The van der Waals surface area contributed by atoms with E-state index in [1.54, 1.807) is 35.2 Å². The molecule has 2 aromatic carbocycles. The summed E-state index contributed by atoms with van der Waals surface area (Å²) in [7, 11) is 0. The Morgan fingerprint density at radius 3 is 2.68 bits per heavy atom. The molecule has 1 atom stereocenters. The van der Waals surface area contributed by atoms with Crippen LogP contribution in [0.5, 0.6) is 11.5 Å². The first-order valence-corrected chi connectivity index (χ1v) is 9.86. The minimum atomic E-state index is -0.273. The zero-order valence-corrected chi connectivity index (χ0v) is 15.7. The van der Waals surface area contributed by atoms with Gasteiger partial charge in [0.05, 0.1) is 19.1 Å². The Morgan fingerprint density at radius 2 is 1.93 bits per heavy atom. The molecule has 148 valence electrons. The van der Waals surface area contributed by atoms with Crippen molar-refractivity contribution in [1.82, 2.24) is 10.2 Å². The van der Waals surface area contributed by atoms with Crippen LogP contribution in [0.15, 0.2) is 42.5 Å². The molecule has 0 spiro atoms. The van der Waals surface area contributed by atoms with Gasteiger partial charge in [-0.05, 0) is 48.6 Å². The Labute approximate surface area is 164 Å². The first-order chi connectivity index (χ1) is 13.6. The van der Waals surface area contributed by atoms with Crippen LogP contribution < -0.4 is 10.1 Å². The monoisotopic (exact) mass is 384 g/mol. The summed E-state index contributed by atoms with van der Waals surface area (Å²) in [4.78, 5) is 14.8. The van der Waals surface area contributed by atoms with Gasteiger partial charge in [-0.1, -0.05) is 25.0 Å². The number of fused-ring (bicyclic) bond motifs is 1. The average Bonchev–Trinajstić information content (AvgIpc) is 3.13. The molecular weight excluding hydrogens is 359 g/mol. The summed E-state index contributed by atoms with van der Waals surface area (Å²) in [6, 6.07) is 11.1. The van der Waals surface area contributed by atoms with E-state index in [0.29, 0.717) is 31.4 Å². The van der Waals surface area contributed by atoms with E-state index in [1.165, 1.54) is 12.1 Å². The van der Waals surface area contributed by atoms with Crippen molar-refractivity contribution in [2.24, 2.45) is 5.92 Å². The number of aromatic hydroxyl groups is 1. The van der Waals surface area contributed by atoms with Gasteiger partial charge in [-0.15, -0.1) is 0 Å². The fraction of sp³-hybridized carbons (Fsp3) is 0.409. The maximum atomic E-state index is 13.4. The minimum Gasteiger partial charge on any atom is -0.508 e. The summed E-state index contributed by atoms with van der Waals surface area (Å²) >= 11 is 0. The Bertz CT molecular complexity index is 834. The van der Waals surface area contributed by atoms with E-state index in [1.807, 2.05) is 0 Å². The fourth-order valence-corrected chi connectivity index (χ4v) is 4.19. The second-order valence-electron chi connectivity index (χ2n) is 7.59. The third-order valence-corrected chi connectivity index (χ3v) is 5.70. The van der Waals surface area contributed by atoms with Gasteiger partial charge in [-0.2, -0.15) is 0 Å². The second-order valence-corrected chi connectivity index (χ2v) is 7.59. The zero-order valence-electron chi connectivity index (χ0n) is 15.7. The number of urea groups is 1. The number of amides is 2. The van der Waals surface area contributed by atoms with Crippen LogP contribution in [0.3, 0.4) is 0 Å². The highest BCUT2D eigenvalue weighted by Crippen LogP contribution is 2.36. The van der Waals surface area contributed by atoms with Crippen LogP contribution >= 0.6 is 0 Å². The molecule has 1 saturated carbocycles. The SMILES string of the molecule is O=C(NC(c1ccc(F)cc1)C1CCCC1)N1CCOc2cc(O)ccc2C1. The van der Waals surface area contributed by atoms with E-state index < -0.39 is 0 Å². The van der Waals surface area contributed by atoms with Crippen molar-refractivity contribution in [3.63, 3.8) is 0 Å². The normalized spacial score (nSPS) is 18.1. The molecule has 2 aromatic rings. The third-order valence-electron chi connectivity index (χ3n) is 5.70. The lowest BCUT2D eigenvalue weighted by Gasteiger charge is -2.29. The predicted molar refractivity (Wildman–Crippen MR) is 104 cm³/mol. The van der Waals surface area contributed by atoms with Crippen LogP contribution in [-0.2, 0) is 6.54 Å². The van der Waals surface area contributed by atoms with Gasteiger partial charge in [0.1, 0.15) is 23.9 Å². The number of hydrogen-bond donors (Lipinski definition) is 2. The van der Waals surface area contributed by atoms with Crippen LogP contribution in [-0.4, -0.2) is 29.2 Å². The average molecular weight is 384 g/mol. The molecule has 28 heavy (non-hydrogen) atoms.